The van der Waals surface area contributed by atoms with Gasteiger partial charge in [-0.05, 0) is 47.3 Å². The molecule has 0 bridgehead atoms. The van der Waals surface area contributed by atoms with Crippen LogP contribution in [0.25, 0.3) is 0 Å². The largest absolute Gasteiger partial charge is 0.326 e. The van der Waals surface area contributed by atoms with Crippen LogP contribution in [0.2, 0.25) is 0 Å². The Hall–Kier alpha value is -1.47. The molecule has 0 unspecified atom stereocenters. The highest BCUT2D eigenvalue weighted by Gasteiger charge is 2.34. The highest BCUT2D eigenvalue weighted by molar-refractivity contribution is 9.10. The van der Waals surface area contributed by atoms with Gasteiger partial charge in [0, 0.05) is 23.7 Å². The number of amides is 1. The fraction of sp³-hybridized carbons (Fsp3) is 0.417. The van der Waals surface area contributed by atoms with Gasteiger partial charge in [-0.25, -0.2) is 0 Å². The number of rotatable bonds is 4. The number of halogens is 1. The van der Waals surface area contributed by atoms with E-state index in [1.807, 2.05) is 0 Å². The lowest BCUT2D eigenvalue weighted by atomic mass is 9.75. The minimum Gasteiger partial charge on any atom is -0.326 e. The summed E-state index contributed by atoms with van der Waals surface area (Å²) >= 11 is 3.09. The van der Waals surface area contributed by atoms with Crippen LogP contribution in [0.1, 0.15) is 25.7 Å². The van der Waals surface area contributed by atoms with Crippen LogP contribution < -0.4 is 11.1 Å². The molecule has 3 N–H and O–H groups in total. The second kappa shape index (κ2) is 5.26. The van der Waals surface area contributed by atoms with E-state index in [-0.39, 0.29) is 18.0 Å². The summed E-state index contributed by atoms with van der Waals surface area (Å²) in [4.78, 5) is 22.1. The van der Waals surface area contributed by atoms with Crippen molar-refractivity contribution in [1.29, 1.82) is 0 Å². The lowest BCUT2D eigenvalue weighted by Gasteiger charge is -2.37. The fourth-order valence-electron chi connectivity index (χ4n) is 2.06. The quantitative estimate of drug-likeness (QED) is 0.655. The Morgan fingerprint density at radius 1 is 1.53 bits per heavy atom. The molecule has 1 aliphatic carbocycles. The van der Waals surface area contributed by atoms with E-state index in [1.54, 1.807) is 6.07 Å². The van der Waals surface area contributed by atoms with Crippen molar-refractivity contribution >= 4 is 33.2 Å². The van der Waals surface area contributed by atoms with Gasteiger partial charge >= 0.3 is 0 Å². The molecule has 102 valence electrons. The number of nitrogens with two attached hydrogens (primary N) is 1. The summed E-state index contributed by atoms with van der Waals surface area (Å²) in [5.41, 5.74) is 5.91. The lowest BCUT2D eigenvalue weighted by molar-refractivity contribution is -0.385. The number of nitrogens with zero attached hydrogens (tertiary/aromatic N) is 1. The summed E-state index contributed by atoms with van der Waals surface area (Å²) in [5, 5.41) is 13.4. The maximum absolute atomic E-state index is 11.8. The maximum atomic E-state index is 11.8. The zero-order valence-corrected chi connectivity index (χ0v) is 11.8. The molecule has 1 aromatic rings. The lowest BCUT2D eigenvalue weighted by Crippen LogP contribution is -2.48. The van der Waals surface area contributed by atoms with Crippen molar-refractivity contribution in [2.75, 3.05) is 5.32 Å². The minimum absolute atomic E-state index is 0.0797. The van der Waals surface area contributed by atoms with Gasteiger partial charge in [0.2, 0.25) is 5.91 Å². The smallest absolute Gasteiger partial charge is 0.285 e. The van der Waals surface area contributed by atoms with E-state index >= 15 is 0 Å². The predicted octanol–water partition coefficient (Wildman–Crippen LogP) is 2.57. The van der Waals surface area contributed by atoms with Crippen molar-refractivity contribution in [3.05, 3.63) is 32.8 Å². The molecule has 0 radical (unpaired) electrons. The van der Waals surface area contributed by atoms with Crippen molar-refractivity contribution in [3.63, 3.8) is 0 Å². The molecule has 1 saturated carbocycles. The summed E-state index contributed by atoms with van der Waals surface area (Å²) in [5.74, 6) is -0.209. The Labute approximate surface area is 118 Å². The van der Waals surface area contributed by atoms with E-state index in [1.165, 1.54) is 12.1 Å². The van der Waals surface area contributed by atoms with Gasteiger partial charge in [0.05, 0.1) is 9.40 Å². The first-order chi connectivity index (χ1) is 8.89. The third kappa shape index (κ3) is 3.30. The summed E-state index contributed by atoms with van der Waals surface area (Å²) in [6.45, 7) is 0. The van der Waals surface area contributed by atoms with E-state index in [0.717, 1.165) is 19.3 Å². The van der Waals surface area contributed by atoms with E-state index in [0.29, 0.717) is 10.2 Å². The topological polar surface area (TPSA) is 98.3 Å². The fourth-order valence-corrected chi connectivity index (χ4v) is 2.45. The van der Waals surface area contributed by atoms with Crippen molar-refractivity contribution in [2.24, 2.45) is 5.73 Å². The first-order valence-corrected chi connectivity index (χ1v) is 6.72. The number of benzene rings is 1. The molecule has 6 nitrogen and oxygen atoms in total. The summed E-state index contributed by atoms with van der Waals surface area (Å²) in [7, 11) is 0. The van der Waals surface area contributed by atoms with Crippen LogP contribution in [0.3, 0.4) is 0 Å². The number of carbonyl (C=O) groups excluding carboxylic acids is 1. The molecule has 1 aliphatic rings. The first kappa shape index (κ1) is 14.0. The highest BCUT2D eigenvalue weighted by atomic mass is 79.9. The first-order valence-electron chi connectivity index (χ1n) is 5.92. The Kier molecular flexibility index (Phi) is 3.86. The molecule has 0 aromatic heterocycles. The van der Waals surface area contributed by atoms with Crippen LogP contribution in [-0.2, 0) is 4.79 Å². The number of hydrogen-bond donors (Lipinski definition) is 2. The molecule has 0 spiro atoms. The SMILES string of the molecule is NC1(CC(=O)Nc2ccc(Br)c([N+](=O)[O-])c2)CCC1. The van der Waals surface area contributed by atoms with Crippen LogP contribution in [0, 0.1) is 10.1 Å². The normalized spacial score (nSPS) is 16.5. The summed E-state index contributed by atoms with van der Waals surface area (Å²) < 4.78 is 0.379. The van der Waals surface area contributed by atoms with Crippen LogP contribution in [-0.4, -0.2) is 16.4 Å². The molecule has 1 aromatic carbocycles. The van der Waals surface area contributed by atoms with E-state index in [2.05, 4.69) is 21.2 Å². The summed E-state index contributed by atoms with van der Waals surface area (Å²) in [6, 6.07) is 4.47. The summed E-state index contributed by atoms with van der Waals surface area (Å²) in [6.07, 6.45) is 2.99. The number of anilines is 1. The van der Waals surface area contributed by atoms with Gasteiger partial charge in [0.1, 0.15) is 0 Å². The van der Waals surface area contributed by atoms with Gasteiger partial charge in [0.25, 0.3) is 5.69 Å². The number of nitro groups is 1. The Morgan fingerprint density at radius 3 is 2.74 bits per heavy atom. The van der Waals surface area contributed by atoms with E-state index in [9.17, 15) is 14.9 Å². The number of nitro benzene ring substituents is 1. The second-order valence-corrected chi connectivity index (χ2v) is 5.72. The molecule has 1 fully saturated rings. The predicted molar refractivity (Wildman–Crippen MR) is 74.8 cm³/mol. The standard InChI is InChI=1S/C12H14BrN3O3/c13-9-3-2-8(6-10(9)16(18)19)15-11(17)7-12(14)4-1-5-12/h2-3,6H,1,4-5,7,14H2,(H,15,17). The van der Waals surface area contributed by atoms with Crippen LogP contribution in [0.4, 0.5) is 11.4 Å². The molecule has 0 atom stereocenters. The molecule has 2 rings (SSSR count). The Bertz CT molecular complexity index is 529. The second-order valence-electron chi connectivity index (χ2n) is 4.86. The van der Waals surface area contributed by atoms with Gasteiger partial charge in [-0.2, -0.15) is 0 Å². The van der Waals surface area contributed by atoms with Gasteiger partial charge in [-0.1, -0.05) is 0 Å². The zero-order chi connectivity index (χ0) is 14.0. The maximum Gasteiger partial charge on any atom is 0.285 e. The number of carbonyl (C=O) groups is 1. The highest BCUT2D eigenvalue weighted by Crippen LogP contribution is 2.33. The van der Waals surface area contributed by atoms with Gasteiger partial charge in [-0.15, -0.1) is 0 Å². The third-order valence-electron chi connectivity index (χ3n) is 3.29. The monoisotopic (exact) mass is 327 g/mol. The molecule has 0 saturated heterocycles. The van der Waals surface area contributed by atoms with Crippen LogP contribution in [0.5, 0.6) is 0 Å². The van der Waals surface area contributed by atoms with Crippen molar-refractivity contribution < 1.29 is 9.72 Å². The van der Waals surface area contributed by atoms with Crippen molar-refractivity contribution in [1.82, 2.24) is 0 Å². The molecule has 7 heteroatoms. The van der Waals surface area contributed by atoms with Crippen molar-refractivity contribution in [2.45, 2.75) is 31.2 Å². The van der Waals surface area contributed by atoms with Gasteiger partial charge < -0.3 is 11.1 Å². The number of nitrogens with one attached hydrogen (secondary N) is 1. The zero-order valence-electron chi connectivity index (χ0n) is 10.2. The van der Waals surface area contributed by atoms with Crippen LogP contribution >= 0.6 is 15.9 Å². The molecule has 0 heterocycles. The molecular weight excluding hydrogens is 314 g/mol. The molecule has 0 aliphatic heterocycles. The molecule has 1 amide bonds. The van der Waals surface area contributed by atoms with Crippen LogP contribution in [0.15, 0.2) is 22.7 Å². The van der Waals surface area contributed by atoms with Gasteiger partial charge in [0.15, 0.2) is 0 Å². The molecular formula is C12H14BrN3O3. The minimum atomic E-state index is -0.504. The number of hydrogen-bond acceptors (Lipinski definition) is 4. The average molecular weight is 328 g/mol. The average Bonchev–Trinajstić information content (AvgIpc) is 2.29. The Morgan fingerprint density at radius 2 is 2.21 bits per heavy atom. The third-order valence-corrected chi connectivity index (χ3v) is 3.96. The van der Waals surface area contributed by atoms with E-state index in [4.69, 9.17) is 5.73 Å². The van der Waals surface area contributed by atoms with E-state index < -0.39 is 10.5 Å². The molecule has 19 heavy (non-hydrogen) atoms. The Balaban J connectivity index is 2.04. The van der Waals surface area contributed by atoms with Crippen molar-refractivity contribution in [3.8, 4) is 0 Å². The van der Waals surface area contributed by atoms with Gasteiger partial charge in [-0.3, -0.25) is 14.9 Å².